The average molecular weight is 264 g/mol. The number of para-hydroxylation sites is 1. The molecule has 4 heteroatoms. The van der Waals surface area contributed by atoms with Crippen LogP contribution in [0.1, 0.15) is 5.56 Å². The van der Waals surface area contributed by atoms with Crippen molar-refractivity contribution in [3.63, 3.8) is 0 Å². The summed E-state index contributed by atoms with van der Waals surface area (Å²) in [7, 11) is 0. The highest BCUT2D eigenvalue weighted by molar-refractivity contribution is 6.02. The maximum Gasteiger partial charge on any atom is 0.326 e. The number of amides is 2. The first-order chi connectivity index (χ1) is 9.83. The Morgan fingerprint density at radius 1 is 1.00 bits per heavy atom. The Morgan fingerprint density at radius 2 is 1.80 bits per heavy atom. The minimum Gasteiger partial charge on any atom is -0.457 e. The molecule has 1 N–H and O–H groups in total. The molecule has 0 unspecified atom stereocenters. The number of urea groups is 1. The number of ether oxygens (including phenoxy) is 1. The van der Waals surface area contributed by atoms with Crippen molar-refractivity contribution in [3.8, 4) is 11.5 Å². The molecule has 0 aliphatic carbocycles. The average Bonchev–Trinajstić information content (AvgIpc) is 3.10. The lowest BCUT2D eigenvalue weighted by Crippen LogP contribution is -2.21. The lowest BCUT2D eigenvalue weighted by atomic mass is 10.2. The smallest absolute Gasteiger partial charge is 0.326 e. The van der Waals surface area contributed by atoms with Crippen LogP contribution in [0.4, 0.5) is 4.79 Å². The van der Waals surface area contributed by atoms with Gasteiger partial charge in [-0.1, -0.05) is 30.3 Å². The monoisotopic (exact) mass is 264 g/mol. The molecule has 2 aliphatic rings. The van der Waals surface area contributed by atoms with E-state index in [0.29, 0.717) is 6.54 Å². The number of carbonyl (C=O) groups is 1. The van der Waals surface area contributed by atoms with Crippen molar-refractivity contribution in [2.24, 2.45) is 0 Å². The molecule has 0 bridgehead atoms. The van der Waals surface area contributed by atoms with Gasteiger partial charge in [-0.2, -0.15) is 0 Å². The van der Waals surface area contributed by atoms with Gasteiger partial charge in [0, 0.05) is 5.56 Å². The molecule has 2 aromatic carbocycles. The molecular formula is C16H12N2O2. The molecule has 0 aromatic heterocycles. The highest BCUT2D eigenvalue weighted by Crippen LogP contribution is 2.43. The molecule has 2 heterocycles. The lowest BCUT2D eigenvalue weighted by molar-refractivity contribution is 0.238. The predicted molar refractivity (Wildman–Crippen MR) is 75.1 cm³/mol. The molecule has 98 valence electrons. The van der Waals surface area contributed by atoms with E-state index < -0.39 is 0 Å². The molecule has 20 heavy (non-hydrogen) atoms. The normalized spacial score (nSPS) is 16.0. The molecule has 1 fully saturated rings. The Bertz CT molecular complexity index is 722. The summed E-state index contributed by atoms with van der Waals surface area (Å²) in [4.78, 5) is 13.2. The second-order valence-corrected chi connectivity index (χ2v) is 4.73. The van der Waals surface area contributed by atoms with Gasteiger partial charge in [0.15, 0.2) is 0 Å². The van der Waals surface area contributed by atoms with E-state index in [0.717, 1.165) is 28.5 Å². The van der Waals surface area contributed by atoms with Gasteiger partial charge in [-0.25, -0.2) is 4.79 Å². The number of hydrogen-bond acceptors (Lipinski definition) is 2. The van der Waals surface area contributed by atoms with Crippen molar-refractivity contribution in [2.75, 3.05) is 6.54 Å². The van der Waals surface area contributed by atoms with E-state index in [9.17, 15) is 4.79 Å². The van der Waals surface area contributed by atoms with Crippen molar-refractivity contribution in [3.05, 3.63) is 65.9 Å². The molecule has 1 saturated heterocycles. The summed E-state index contributed by atoms with van der Waals surface area (Å²) in [5.74, 6) is 1.57. The molecule has 4 rings (SSSR count). The number of rotatable bonds is 3. The Balaban J connectivity index is 1.60. The fourth-order valence-corrected chi connectivity index (χ4v) is 2.45. The molecule has 2 amide bonds. The van der Waals surface area contributed by atoms with Gasteiger partial charge in [0.05, 0.1) is 17.9 Å². The highest BCUT2D eigenvalue weighted by Gasteiger charge is 2.44. The van der Waals surface area contributed by atoms with Crippen LogP contribution < -0.4 is 10.1 Å². The molecule has 2 aliphatic heterocycles. The van der Waals surface area contributed by atoms with Crippen molar-refractivity contribution < 1.29 is 9.53 Å². The van der Waals surface area contributed by atoms with Crippen LogP contribution in [-0.2, 0) is 0 Å². The zero-order chi connectivity index (χ0) is 13.5. The van der Waals surface area contributed by atoms with Crippen LogP contribution >= 0.6 is 0 Å². The van der Waals surface area contributed by atoms with Crippen molar-refractivity contribution in [2.45, 2.75) is 0 Å². The van der Waals surface area contributed by atoms with E-state index in [1.54, 1.807) is 4.90 Å². The Labute approximate surface area is 116 Å². The van der Waals surface area contributed by atoms with Crippen LogP contribution in [0.5, 0.6) is 11.5 Å². The SMILES string of the molecule is O=C1NCC2=C(c3cccc(Oc4ccccc4)c3)N12. The Morgan fingerprint density at radius 3 is 2.55 bits per heavy atom. The quantitative estimate of drug-likeness (QED) is 0.925. The van der Waals surface area contributed by atoms with Crippen molar-refractivity contribution in [1.29, 1.82) is 0 Å². The van der Waals surface area contributed by atoms with Crippen LogP contribution in [0.15, 0.2) is 60.3 Å². The third kappa shape index (κ3) is 1.73. The molecular weight excluding hydrogens is 252 g/mol. The third-order valence-electron chi connectivity index (χ3n) is 3.41. The van der Waals surface area contributed by atoms with Crippen LogP contribution in [0.3, 0.4) is 0 Å². The minimum atomic E-state index is -0.0376. The van der Waals surface area contributed by atoms with E-state index in [2.05, 4.69) is 5.32 Å². The first kappa shape index (κ1) is 11.1. The van der Waals surface area contributed by atoms with E-state index >= 15 is 0 Å². The molecule has 0 spiro atoms. The predicted octanol–water partition coefficient (Wildman–Crippen LogP) is 3.19. The van der Waals surface area contributed by atoms with Crippen molar-refractivity contribution in [1.82, 2.24) is 10.2 Å². The summed E-state index contributed by atoms with van der Waals surface area (Å²) in [5.41, 5.74) is 3.09. The van der Waals surface area contributed by atoms with E-state index in [4.69, 9.17) is 4.74 Å². The van der Waals surface area contributed by atoms with Crippen LogP contribution in [-0.4, -0.2) is 17.5 Å². The second kappa shape index (κ2) is 4.13. The maximum atomic E-state index is 11.5. The standard InChI is InChI=1S/C16H12N2O2/c19-16-17-10-14-15(18(14)16)11-5-4-8-13(9-11)20-12-6-2-1-3-7-12/h1-9H,10H2,(H,17,19). The largest absolute Gasteiger partial charge is 0.457 e. The summed E-state index contributed by atoms with van der Waals surface area (Å²) in [6.07, 6.45) is 0. The summed E-state index contributed by atoms with van der Waals surface area (Å²) in [5, 5.41) is 2.77. The number of fused-ring (bicyclic) bond motifs is 1. The number of hydrogen-bond donors (Lipinski definition) is 1. The van der Waals surface area contributed by atoms with Gasteiger partial charge in [-0.3, -0.25) is 4.90 Å². The number of carbonyl (C=O) groups excluding carboxylic acids is 1. The number of nitrogens with one attached hydrogen (secondary N) is 1. The molecule has 0 radical (unpaired) electrons. The topological polar surface area (TPSA) is 41.3 Å². The maximum absolute atomic E-state index is 11.5. The van der Waals surface area contributed by atoms with Gasteiger partial charge in [0.2, 0.25) is 0 Å². The van der Waals surface area contributed by atoms with Gasteiger partial charge in [0.1, 0.15) is 11.5 Å². The first-order valence-corrected chi connectivity index (χ1v) is 6.47. The molecule has 0 atom stereocenters. The molecule has 4 nitrogen and oxygen atoms in total. The zero-order valence-corrected chi connectivity index (χ0v) is 10.7. The van der Waals surface area contributed by atoms with Gasteiger partial charge in [0.25, 0.3) is 0 Å². The van der Waals surface area contributed by atoms with Crippen LogP contribution in [0.2, 0.25) is 0 Å². The summed E-state index contributed by atoms with van der Waals surface area (Å²) >= 11 is 0. The van der Waals surface area contributed by atoms with Gasteiger partial charge < -0.3 is 10.1 Å². The summed E-state index contributed by atoms with van der Waals surface area (Å²) < 4.78 is 5.80. The van der Waals surface area contributed by atoms with Crippen LogP contribution in [0.25, 0.3) is 5.70 Å². The van der Waals surface area contributed by atoms with Crippen molar-refractivity contribution >= 4 is 11.7 Å². The number of nitrogens with zero attached hydrogens (tertiary/aromatic N) is 1. The second-order valence-electron chi connectivity index (χ2n) is 4.73. The lowest BCUT2D eigenvalue weighted by Gasteiger charge is -2.07. The fraction of sp³-hybridized carbons (Fsp3) is 0.0625. The molecule has 0 saturated carbocycles. The van der Waals surface area contributed by atoms with Gasteiger partial charge in [-0.05, 0) is 24.3 Å². The third-order valence-corrected chi connectivity index (χ3v) is 3.41. The van der Waals surface area contributed by atoms with E-state index in [-0.39, 0.29) is 6.03 Å². The van der Waals surface area contributed by atoms with Crippen LogP contribution in [0, 0.1) is 0 Å². The number of benzene rings is 2. The van der Waals surface area contributed by atoms with E-state index in [1.807, 2.05) is 54.6 Å². The van der Waals surface area contributed by atoms with Gasteiger partial charge >= 0.3 is 6.03 Å². The highest BCUT2D eigenvalue weighted by atomic mass is 16.5. The van der Waals surface area contributed by atoms with E-state index in [1.165, 1.54) is 0 Å². The summed E-state index contributed by atoms with van der Waals surface area (Å²) in [6, 6.07) is 17.4. The van der Waals surface area contributed by atoms with Gasteiger partial charge in [-0.15, -0.1) is 0 Å². The first-order valence-electron chi connectivity index (χ1n) is 6.47. The zero-order valence-electron chi connectivity index (χ0n) is 10.7. The summed E-state index contributed by atoms with van der Waals surface area (Å²) in [6.45, 7) is 0.623. The Hall–Kier alpha value is -2.75. The minimum absolute atomic E-state index is 0.0376. The molecule has 2 aromatic rings. The Kier molecular flexibility index (Phi) is 2.29. The fourth-order valence-electron chi connectivity index (χ4n) is 2.45.